The Morgan fingerprint density at radius 2 is 0.947 bits per heavy atom. The van der Waals surface area contributed by atoms with Gasteiger partial charge in [0.25, 0.3) is 0 Å². The lowest BCUT2D eigenvalue weighted by Crippen LogP contribution is -2.28. The number of rotatable bonds is 8. The Morgan fingerprint density at radius 1 is 0.404 bits per heavy atom. The summed E-state index contributed by atoms with van der Waals surface area (Å²) in [7, 11) is 0. The van der Waals surface area contributed by atoms with Crippen molar-refractivity contribution in [1.29, 1.82) is 0 Å². The second kappa shape index (κ2) is 14.3. The molecule has 0 N–H and O–H groups in total. The lowest BCUT2D eigenvalue weighted by molar-refractivity contribution is 0.768. The second-order valence-corrected chi connectivity index (χ2v) is 15.4. The van der Waals surface area contributed by atoms with E-state index in [0.717, 1.165) is 17.1 Å². The van der Waals surface area contributed by atoms with Crippen LogP contribution in [0.15, 0.2) is 218 Å². The molecule has 0 saturated heterocycles. The Balaban J connectivity index is 1.28. The topological polar surface area (TPSA) is 3.24 Å². The van der Waals surface area contributed by atoms with Crippen LogP contribution in [0.5, 0.6) is 0 Å². The van der Waals surface area contributed by atoms with Crippen molar-refractivity contribution in [3.63, 3.8) is 0 Å². The SMILES string of the molecule is CC(C)c1ccccc1-c1c(N(c2ccc(-c3ccccc3)cc2)c2ccc3c(c2)C(c2ccccc2)(c2ccccc2)c2ccccc2-3)ccc2ccccc12. The van der Waals surface area contributed by atoms with E-state index in [4.69, 9.17) is 0 Å². The van der Waals surface area contributed by atoms with Crippen molar-refractivity contribution in [3.05, 3.63) is 246 Å². The molecule has 0 atom stereocenters. The molecule has 0 amide bonds. The summed E-state index contributed by atoms with van der Waals surface area (Å²) in [6, 6.07) is 80.6. The normalized spacial score (nSPS) is 12.7. The molecule has 0 unspecified atom stereocenters. The number of nitrogens with zero attached hydrogens (tertiary/aromatic N) is 1. The Morgan fingerprint density at radius 3 is 1.65 bits per heavy atom. The lowest BCUT2D eigenvalue weighted by atomic mass is 9.67. The minimum atomic E-state index is -0.510. The van der Waals surface area contributed by atoms with E-state index in [2.05, 4.69) is 237 Å². The Bertz CT molecular complexity index is 2820. The highest BCUT2D eigenvalue weighted by molar-refractivity contribution is 6.06. The summed E-state index contributed by atoms with van der Waals surface area (Å²) in [5, 5.41) is 2.47. The number of hydrogen-bond donors (Lipinski definition) is 0. The van der Waals surface area contributed by atoms with E-state index < -0.39 is 5.41 Å². The molecule has 9 aromatic carbocycles. The van der Waals surface area contributed by atoms with Crippen LogP contribution in [0.25, 0.3) is 44.2 Å². The van der Waals surface area contributed by atoms with E-state index in [1.165, 1.54) is 72.0 Å². The Hall–Kier alpha value is -6.96. The van der Waals surface area contributed by atoms with Crippen LogP contribution in [0.2, 0.25) is 0 Å². The zero-order chi connectivity index (χ0) is 38.3. The molecule has 0 heterocycles. The fourth-order valence-corrected chi connectivity index (χ4v) is 9.39. The van der Waals surface area contributed by atoms with Crippen LogP contribution in [0.3, 0.4) is 0 Å². The molecular formula is C56H43N. The van der Waals surface area contributed by atoms with Crippen molar-refractivity contribution in [1.82, 2.24) is 0 Å². The molecule has 272 valence electrons. The third-order valence-electron chi connectivity index (χ3n) is 11.9. The molecular weight excluding hydrogens is 687 g/mol. The average molecular weight is 730 g/mol. The standard InChI is InChI=1S/C56H43N/c1-39(2)47-25-14-15-28-51(47)55-48-26-13-12-20-42(48)32-37-54(55)57(45-33-30-41(31-34-45)40-18-6-3-7-19-40)46-35-36-50-49-27-16-17-29-52(49)56(53(50)38-46,43-21-8-4-9-22-43)44-23-10-5-11-24-44/h3-39H,1-2H3. The summed E-state index contributed by atoms with van der Waals surface area (Å²) >= 11 is 0. The maximum atomic E-state index is 2.50. The van der Waals surface area contributed by atoms with Gasteiger partial charge in [-0.15, -0.1) is 0 Å². The molecule has 0 aliphatic heterocycles. The summed E-state index contributed by atoms with van der Waals surface area (Å²) in [5.41, 5.74) is 16.8. The van der Waals surface area contributed by atoms with Crippen LogP contribution in [0.4, 0.5) is 17.1 Å². The van der Waals surface area contributed by atoms with Crippen molar-refractivity contribution < 1.29 is 0 Å². The fourth-order valence-electron chi connectivity index (χ4n) is 9.39. The lowest BCUT2D eigenvalue weighted by Gasteiger charge is -2.35. The smallest absolute Gasteiger partial charge is 0.0714 e. The van der Waals surface area contributed by atoms with E-state index >= 15 is 0 Å². The van der Waals surface area contributed by atoms with Gasteiger partial charge in [-0.05, 0) is 103 Å². The van der Waals surface area contributed by atoms with Crippen LogP contribution < -0.4 is 4.90 Å². The summed E-state index contributed by atoms with van der Waals surface area (Å²) < 4.78 is 0. The molecule has 1 heteroatoms. The van der Waals surface area contributed by atoms with Gasteiger partial charge in [-0.1, -0.05) is 202 Å². The summed E-state index contributed by atoms with van der Waals surface area (Å²) in [4.78, 5) is 2.50. The predicted octanol–water partition coefficient (Wildman–Crippen LogP) is 15.1. The molecule has 9 aromatic rings. The summed E-state index contributed by atoms with van der Waals surface area (Å²) in [6.07, 6.45) is 0. The van der Waals surface area contributed by atoms with Crippen molar-refractivity contribution in [2.45, 2.75) is 25.2 Å². The molecule has 1 aliphatic rings. The second-order valence-electron chi connectivity index (χ2n) is 15.4. The first-order valence-corrected chi connectivity index (χ1v) is 20.0. The summed E-state index contributed by atoms with van der Waals surface area (Å²) in [6.45, 7) is 4.60. The molecule has 10 rings (SSSR count). The molecule has 57 heavy (non-hydrogen) atoms. The minimum absolute atomic E-state index is 0.350. The first-order valence-electron chi connectivity index (χ1n) is 20.0. The van der Waals surface area contributed by atoms with Crippen LogP contribution in [0, 0.1) is 0 Å². The predicted molar refractivity (Wildman–Crippen MR) is 241 cm³/mol. The van der Waals surface area contributed by atoms with Gasteiger partial charge in [0.15, 0.2) is 0 Å². The largest absolute Gasteiger partial charge is 0.310 e. The van der Waals surface area contributed by atoms with Gasteiger partial charge in [0.2, 0.25) is 0 Å². The molecule has 0 spiro atoms. The van der Waals surface area contributed by atoms with Gasteiger partial charge in [-0.25, -0.2) is 0 Å². The third-order valence-corrected chi connectivity index (χ3v) is 11.9. The highest BCUT2D eigenvalue weighted by Gasteiger charge is 2.46. The van der Waals surface area contributed by atoms with E-state index in [1.807, 2.05) is 0 Å². The van der Waals surface area contributed by atoms with Gasteiger partial charge in [0, 0.05) is 16.9 Å². The van der Waals surface area contributed by atoms with Gasteiger partial charge in [-0.3, -0.25) is 0 Å². The molecule has 1 aliphatic carbocycles. The number of fused-ring (bicyclic) bond motifs is 4. The fraction of sp³-hybridized carbons (Fsp3) is 0.0714. The maximum Gasteiger partial charge on any atom is 0.0714 e. The van der Waals surface area contributed by atoms with E-state index in [9.17, 15) is 0 Å². The highest BCUT2D eigenvalue weighted by atomic mass is 15.1. The zero-order valence-corrected chi connectivity index (χ0v) is 32.3. The monoisotopic (exact) mass is 729 g/mol. The Kier molecular flexibility index (Phi) is 8.65. The van der Waals surface area contributed by atoms with Gasteiger partial charge < -0.3 is 4.90 Å². The first kappa shape index (κ1) is 34.5. The number of anilines is 3. The van der Waals surface area contributed by atoms with Gasteiger partial charge in [0.05, 0.1) is 11.1 Å². The Labute approximate surface area is 336 Å². The zero-order valence-electron chi connectivity index (χ0n) is 32.3. The first-order chi connectivity index (χ1) is 28.1. The van der Waals surface area contributed by atoms with Crippen LogP contribution in [-0.4, -0.2) is 0 Å². The molecule has 0 saturated carbocycles. The average Bonchev–Trinajstić information content (AvgIpc) is 3.58. The molecule has 1 nitrogen and oxygen atoms in total. The molecule has 0 bridgehead atoms. The maximum absolute atomic E-state index is 2.50. The van der Waals surface area contributed by atoms with Crippen molar-refractivity contribution in [2.75, 3.05) is 4.90 Å². The molecule has 0 fully saturated rings. The van der Waals surface area contributed by atoms with Gasteiger partial charge >= 0.3 is 0 Å². The van der Waals surface area contributed by atoms with Crippen molar-refractivity contribution >= 4 is 27.8 Å². The number of benzene rings is 9. The summed E-state index contributed by atoms with van der Waals surface area (Å²) in [5.74, 6) is 0.350. The number of hydrogen-bond acceptors (Lipinski definition) is 1. The van der Waals surface area contributed by atoms with Crippen molar-refractivity contribution in [2.24, 2.45) is 0 Å². The van der Waals surface area contributed by atoms with Gasteiger partial charge in [0.1, 0.15) is 0 Å². The molecule has 0 aromatic heterocycles. The van der Waals surface area contributed by atoms with Crippen molar-refractivity contribution in [3.8, 4) is 33.4 Å². The van der Waals surface area contributed by atoms with Gasteiger partial charge in [-0.2, -0.15) is 0 Å². The van der Waals surface area contributed by atoms with Crippen LogP contribution >= 0.6 is 0 Å². The van der Waals surface area contributed by atoms with Crippen LogP contribution in [-0.2, 0) is 5.41 Å². The quantitative estimate of drug-likeness (QED) is 0.151. The minimum Gasteiger partial charge on any atom is -0.310 e. The van der Waals surface area contributed by atoms with E-state index in [0.29, 0.717) is 5.92 Å². The molecule has 0 radical (unpaired) electrons. The van der Waals surface area contributed by atoms with E-state index in [-0.39, 0.29) is 0 Å². The van der Waals surface area contributed by atoms with E-state index in [1.54, 1.807) is 0 Å². The van der Waals surface area contributed by atoms with Crippen LogP contribution in [0.1, 0.15) is 47.6 Å². The highest BCUT2D eigenvalue weighted by Crippen LogP contribution is 2.57. The third kappa shape index (κ3) is 5.69.